The number of amides is 1. The van der Waals surface area contributed by atoms with Crippen molar-refractivity contribution in [2.45, 2.75) is 43.8 Å². The van der Waals surface area contributed by atoms with E-state index in [0.717, 1.165) is 51.7 Å². The molecule has 5 nitrogen and oxygen atoms in total. The molecule has 1 aromatic heterocycles. The van der Waals surface area contributed by atoms with Gasteiger partial charge in [0.25, 0.3) is 5.91 Å². The van der Waals surface area contributed by atoms with E-state index in [0.29, 0.717) is 12.3 Å². The van der Waals surface area contributed by atoms with Crippen LogP contribution in [0.25, 0.3) is 0 Å². The molecule has 2 saturated heterocycles. The Morgan fingerprint density at radius 2 is 1.93 bits per heavy atom. The molecule has 144 valence electrons. The Labute approximate surface area is 160 Å². The van der Waals surface area contributed by atoms with E-state index in [9.17, 15) is 4.79 Å². The molecule has 0 saturated carbocycles. The quantitative estimate of drug-likeness (QED) is 0.850. The molecule has 1 aromatic carbocycles. The lowest BCUT2D eigenvalue weighted by Crippen LogP contribution is -2.45. The number of hydrogen-bond acceptors (Lipinski definition) is 4. The smallest absolute Gasteiger partial charge is 0.287 e. The number of nitrogens with zero attached hydrogens (tertiary/aromatic N) is 1. The Kier molecular flexibility index (Phi) is 5.60. The molecule has 1 spiro atoms. The maximum absolute atomic E-state index is 12.0. The van der Waals surface area contributed by atoms with E-state index in [1.54, 1.807) is 12.1 Å². The van der Waals surface area contributed by atoms with E-state index in [1.807, 2.05) is 0 Å². The van der Waals surface area contributed by atoms with E-state index in [1.165, 1.54) is 11.8 Å². The molecule has 0 radical (unpaired) electrons. The molecular weight excluding hydrogens is 340 g/mol. The Morgan fingerprint density at radius 3 is 2.67 bits per heavy atom. The molecule has 2 fully saturated rings. The summed E-state index contributed by atoms with van der Waals surface area (Å²) in [4.78, 5) is 14.5. The highest BCUT2D eigenvalue weighted by atomic mass is 16.5. The normalized spacial score (nSPS) is 22.1. The average molecular weight is 368 g/mol. The van der Waals surface area contributed by atoms with E-state index >= 15 is 0 Å². The fourth-order valence-corrected chi connectivity index (χ4v) is 4.22. The van der Waals surface area contributed by atoms with Crippen LogP contribution in [0.15, 0.2) is 53.1 Å². The molecule has 3 heterocycles. The molecule has 27 heavy (non-hydrogen) atoms. The van der Waals surface area contributed by atoms with E-state index < -0.39 is 0 Å². The van der Waals surface area contributed by atoms with Crippen molar-refractivity contribution in [3.05, 3.63) is 60.1 Å². The minimum atomic E-state index is -0.166. The Hall–Kier alpha value is -2.11. The molecular formula is C22H28N2O3. The van der Waals surface area contributed by atoms with E-state index in [-0.39, 0.29) is 17.6 Å². The summed E-state index contributed by atoms with van der Waals surface area (Å²) in [6, 6.07) is 14.1. The summed E-state index contributed by atoms with van der Waals surface area (Å²) in [5.74, 6) is 0.190. The van der Waals surface area contributed by atoms with Crippen molar-refractivity contribution in [2.75, 3.05) is 26.2 Å². The number of rotatable bonds is 6. The summed E-state index contributed by atoms with van der Waals surface area (Å²) in [5.41, 5.74) is 1.42. The lowest BCUT2D eigenvalue weighted by Gasteiger charge is -2.39. The standard InChI is InChI=1S/C22H28N2O3/c25-21(20-7-4-16-26-20)23-17-19-8-10-22(27-19)11-14-24(15-12-22)13-9-18-5-2-1-3-6-18/h1-7,16,19H,8-15,17H2,(H,23,25)/t19-/m1/s1. The molecule has 1 amide bonds. The van der Waals surface area contributed by atoms with Gasteiger partial charge in [-0.3, -0.25) is 4.79 Å². The summed E-state index contributed by atoms with van der Waals surface area (Å²) in [5, 5.41) is 2.93. The minimum absolute atomic E-state index is 0.0172. The zero-order chi connectivity index (χ0) is 18.5. The number of carbonyl (C=O) groups is 1. The fraction of sp³-hybridized carbons (Fsp3) is 0.500. The van der Waals surface area contributed by atoms with Crippen LogP contribution in [0, 0.1) is 0 Å². The monoisotopic (exact) mass is 368 g/mol. The maximum atomic E-state index is 12.0. The first-order valence-electron chi connectivity index (χ1n) is 9.98. The molecule has 4 rings (SSSR count). The molecule has 2 aliphatic rings. The molecule has 0 bridgehead atoms. The van der Waals surface area contributed by atoms with Gasteiger partial charge in [0.15, 0.2) is 5.76 Å². The van der Waals surface area contributed by atoms with Gasteiger partial charge < -0.3 is 19.4 Å². The summed E-state index contributed by atoms with van der Waals surface area (Å²) in [6.45, 7) is 3.86. The van der Waals surface area contributed by atoms with E-state index in [2.05, 4.69) is 40.5 Å². The van der Waals surface area contributed by atoms with Gasteiger partial charge >= 0.3 is 0 Å². The van der Waals surface area contributed by atoms with Gasteiger partial charge in [0.2, 0.25) is 0 Å². The number of nitrogens with one attached hydrogen (secondary N) is 1. The van der Waals surface area contributed by atoms with Crippen LogP contribution in [0.4, 0.5) is 0 Å². The lowest BCUT2D eigenvalue weighted by atomic mass is 9.88. The van der Waals surface area contributed by atoms with Gasteiger partial charge in [-0.15, -0.1) is 0 Å². The Bertz CT molecular complexity index is 721. The molecule has 2 aromatic rings. The van der Waals surface area contributed by atoms with Gasteiger partial charge in [0.05, 0.1) is 18.0 Å². The van der Waals surface area contributed by atoms with Crippen molar-refractivity contribution in [2.24, 2.45) is 0 Å². The third-order valence-electron chi connectivity index (χ3n) is 5.90. The number of hydrogen-bond donors (Lipinski definition) is 1. The second kappa shape index (κ2) is 8.28. The first kappa shape index (κ1) is 18.3. The lowest BCUT2D eigenvalue weighted by molar-refractivity contribution is -0.0752. The number of piperidine rings is 1. The first-order chi connectivity index (χ1) is 13.2. The van der Waals surface area contributed by atoms with Gasteiger partial charge in [-0.1, -0.05) is 30.3 Å². The van der Waals surface area contributed by atoms with Crippen molar-refractivity contribution >= 4 is 5.91 Å². The number of furan rings is 1. The fourth-order valence-electron chi connectivity index (χ4n) is 4.22. The molecule has 1 atom stereocenters. The van der Waals surface area contributed by atoms with Crippen molar-refractivity contribution in [1.29, 1.82) is 0 Å². The second-order valence-corrected chi connectivity index (χ2v) is 7.73. The van der Waals surface area contributed by atoms with Crippen LogP contribution in [-0.4, -0.2) is 48.7 Å². The Balaban J connectivity index is 1.19. The van der Waals surface area contributed by atoms with Crippen LogP contribution < -0.4 is 5.32 Å². The van der Waals surface area contributed by atoms with Crippen LogP contribution in [-0.2, 0) is 11.2 Å². The van der Waals surface area contributed by atoms with Gasteiger partial charge in [-0.25, -0.2) is 0 Å². The first-order valence-corrected chi connectivity index (χ1v) is 9.98. The average Bonchev–Trinajstić information content (AvgIpc) is 3.38. The molecule has 0 aliphatic carbocycles. The molecule has 5 heteroatoms. The second-order valence-electron chi connectivity index (χ2n) is 7.73. The van der Waals surface area contributed by atoms with Gasteiger partial charge in [0, 0.05) is 26.2 Å². The minimum Gasteiger partial charge on any atom is -0.459 e. The summed E-state index contributed by atoms with van der Waals surface area (Å²) >= 11 is 0. The molecule has 0 unspecified atom stereocenters. The highest BCUT2D eigenvalue weighted by Crippen LogP contribution is 2.38. The SMILES string of the molecule is O=C(NC[C@H]1CCC2(CCN(CCc3ccccc3)CC2)O1)c1ccco1. The van der Waals surface area contributed by atoms with Crippen molar-refractivity contribution in [3.8, 4) is 0 Å². The predicted octanol–water partition coefficient (Wildman–Crippen LogP) is 3.27. The zero-order valence-electron chi connectivity index (χ0n) is 15.7. The van der Waals surface area contributed by atoms with Crippen molar-refractivity contribution in [1.82, 2.24) is 10.2 Å². The largest absolute Gasteiger partial charge is 0.459 e. The summed E-state index contributed by atoms with van der Waals surface area (Å²) in [6.07, 6.45) is 7.02. The third kappa shape index (κ3) is 4.60. The van der Waals surface area contributed by atoms with Crippen molar-refractivity contribution in [3.63, 3.8) is 0 Å². The van der Waals surface area contributed by atoms with Gasteiger partial charge in [-0.05, 0) is 49.8 Å². The van der Waals surface area contributed by atoms with Crippen LogP contribution in [0.3, 0.4) is 0 Å². The van der Waals surface area contributed by atoms with Gasteiger partial charge in [0.1, 0.15) is 0 Å². The summed E-state index contributed by atoms with van der Waals surface area (Å²) < 4.78 is 11.5. The third-order valence-corrected chi connectivity index (χ3v) is 5.90. The highest BCUT2D eigenvalue weighted by Gasteiger charge is 2.42. The van der Waals surface area contributed by atoms with Crippen molar-refractivity contribution < 1.29 is 13.9 Å². The predicted molar refractivity (Wildman–Crippen MR) is 104 cm³/mol. The highest BCUT2D eigenvalue weighted by molar-refractivity contribution is 5.91. The number of benzene rings is 1. The van der Waals surface area contributed by atoms with Crippen LogP contribution in [0.2, 0.25) is 0 Å². The Morgan fingerprint density at radius 1 is 1.11 bits per heavy atom. The maximum Gasteiger partial charge on any atom is 0.287 e. The van der Waals surface area contributed by atoms with E-state index in [4.69, 9.17) is 9.15 Å². The summed E-state index contributed by atoms with van der Waals surface area (Å²) in [7, 11) is 0. The topological polar surface area (TPSA) is 54.7 Å². The van der Waals surface area contributed by atoms with Crippen LogP contribution in [0.5, 0.6) is 0 Å². The van der Waals surface area contributed by atoms with Gasteiger partial charge in [-0.2, -0.15) is 0 Å². The molecule has 2 aliphatic heterocycles. The number of carbonyl (C=O) groups excluding carboxylic acids is 1. The van der Waals surface area contributed by atoms with Crippen LogP contribution >= 0.6 is 0 Å². The number of ether oxygens (including phenoxy) is 1. The zero-order valence-corrected chi connectivity index (χ0v) is 15.7. The van der Waals surface area contributed by atoms with Crippen LogP contribution in [0.1, 0.15) is 41.8 Å². The number of likely N-dealkylation sites (tertiary alicyclic amines) is 1. The molecule has 1 N–H and O–H groups in total.